The van der Waals surface area contributed by atoms with Gasteiger partial charge in [0.05, 0.1) is 11.6 Å². The number of carbonyl (C=O) groups excluding carboxylic acids is 2. The Morgan fingerprint density at radius 1 is 1.00 bits per heavy atom. The number of carbonyl (C=O) groups is 2. The van der Waals surface area contributed by atoms with Crippen LogP contribution in [0.2, 0.25) is 0 Å². The van der Waals surface area contributed by atoms with Gasteiger partial charge in [-0.3, -0.25) is 4.79 Å². The lowest BCUT2D eigenvalue weighted by Crippen LogP contribution is -2.13. The van der Waals surface area contributed by atoms with Gasteiger partial charge in [-0.25, -0.2) is 4.79 Å². The topological polar surface area (TPSA) is 88.4 Å². The summed E-state index contributed by atoms with van der Waals surface area (Å²) in [5, 5.41) is 11.0. The Labute approximate surface area is 139 Å². The molecule has 0 unspecified atom stereocenters. The van der Waals surface area contributed by atoms with E-state index in [0.717, 1.165) is 0 Å². The van der Waals surface area contributed by atoms with Gasteiger partial charge in [-0.05, 0) is 36.4 Å². The van der Waals surface area contributed by atoms with Crippen molar-refractivity contribution in [1.82, 2.24) is 0 Å². The fraction of sp³-hybridized carbons (Fsp3) is 0.167. The van der Waals surface area contributed by atoms with Crippen molar-refractivity contribution in [2.24, 2.45) is 0 Å². The zero-order valence-electron chi connectivity index (χ0n) is 12.9. The molecule has 0 fully saturated rings. The van der Waals surface area contributed by atoms with E-state index in [1.165, 1.54) is 0 Å². The molecule has 1 N–H and O–H groups in total. The first-order valence-electron chi connectivity index (χ1n) is 7.31. The van der Waals surface area contributed by atoms with Crippen molar-refractivity contribution in [3.63, 3.8) is 0 Å². The van der Waals surface area contributed by atoms with Gasteiger partial charge < -0.3 is 14.8 Å². The first kappa shape index (κ1) is 17.0. The molecule has 0 radical (unpaired) electrons. The Kier molecular flexibility index (Phi) is 6.35. The molecule has 1 amide bonds. The second-order valence-corrected chi connectivity index (χ2v) is 4.76. The maximum Gasteiger partial charge on any atom is 0.338 e. The Morgan fingerprint density at radius 2 is 1.71 bits per heavy atom. The van der Waals surface area contributed by atoms with Gasteiger partial charge in [0, 0.05) is 5.69 Å². The predicted octanol–water partition coefficient (Wildman–Crippen LogP) is 2.77. The summed E-state index contributed by atoms with van der Waals surface area (Å²) in [5.74, 6) is -0.154. The molecule has 2 aromatic rings. The van der Waals surface area contributed by atoms with Gasteiger partial charge in [0.2, 0.25) is 5.91 Å². The van der Waals surface area contributed by atoms with Crippen molar-refractivity contribution >= 4 is 17.6 Å². The van der Waals surface area contributed by atoms with E-state index in [1.54, 1.807) is 30.3 Å². The average Bonchev–Trinajstić information content (AvgIpc) is 2.60. The molecule has 6 nitrogen and oxygen atoms in total. The quantitative estimate of drug-likeness (QED) is 0.625. The monoisotopic (exact) mass is 324 g/mol. The summed E-state index contributed by atoms with van der Waals surface area (Å²) in [4.78, 5) is 23.2. The molecule has 0 atom stereocenters. The summed E-state index contributed by atoms with van der Waals surface area (Å²) in [6, 6.07) is 17.2. The molecule has 122 valence electrons. The molecule has 0 aliphatic heterocycles. The van der Waals surface area contributed by atoms with Crippen LogP contribution in [0.3, 0.4) is 0 Å². The molecule has 0 aliphatic carbocycles. The second kappa shape index (κ2) is 8.96. The average molecular weight is 324 g/mol. The molecule has 0 aliphatic rings. The normalized spacial score (nSPS) is 9.62. The predicted molar refractivity (Wildman–Crippen MR) is 87.5 cm³/mol. The number of rotatable bonds is 7. The number of anilines is 1. The van der Waals surface area contributed by atoms with Crippen molar-refractivity contribution in [1.29, 1.82) is 5.26 Å². The summed E-state index contributed by atoms with van der Waals surface area (Å²) in [7, 11) is 0. The van der Waals surface area contributed by atoms with Crippen LogP contribution < -0.4 is 10.1 Å². The fourth-order valence-electron chi connectivity index (χ4n) is 1.86. The van der Waals surface area contributed by atoms with Crippen molar-refractivity contribution in [3.05, 3.63) is 60.2 Å². The number of benzene rings is 2. The zero-order chi connectivity index (χ0) is 17.2. The third kappa shape index (κ3) is 5.46. The SMILES string of the molecule is N#CCC(=O)Nc1ccc(C(=O)OCCOc2ccccc2)cc1. The van der Waals surface area contributed by atoms with Crippen LogP contribution in [0.1, 0.15) is 16.8 Å². The molecule has 2 aromatic carbocycles. The highest BCUT2D eigenvalue weighted by Crippen LogP contribution is 2.11. The standard InChI is InChI=1S/C18H16N2O4/c19-11-10-17(21)20-15-8-6-14(7-9-15)18(22)24-13-12-23-16-4-2-1-3-5-16/h1-9H,10,12-13H2,(H,20,21). The smallest absolute Gasteiger partial charge is 0.338 e. The highest BCUT2D eigenvalue weighted by Gasteiger charge is 2.08. The molecule has 6 heteroatoms. The van der Waals surface area contributed by atoms with E-state index >= 15 is 0 Å². The van der Waals surface area contributed by atoms with E-state index in [1.807, 2.05) is 30.3 Å². The van der Waals surface area contributed by atoms with E-state index in [-0.39, 0.29) is 19.6 Å². The summed E-state index contributed by atoms with van der Waals surface area (Å²) in [6.45, 7) is 0.395. The van der Waals surface area contributed by atoms with Gasteiger partial charge in [0.1, 0.15) is 25.4 Å². The zero-order valence-corrected chi connectivity index (χ0v) is 12.9. The number of esters is 1. The highest BCUT2D eigenvalue weighted by atomic mass is 16.6. The van der Waals surface area contributed by atoms with Crippen LogP contribution in [0.25, 0.3) is 0 Å². The summed E-state index contributed by atoms with van der Waals surface area (Å²) < 4.78 is 10.5. The molecular formula is C18H16N2O4. The molecular weight excluding hydrogens is 308 g/mol. The van der Waals surface area contributed by atoms with Crippen LogP contribution in [0.5, 0.6) is 5.75 Å². The number of hydrogen-bond acceptors (Lipinski definition) is 5. The molecule has 0 bridgehead atoms. The van der Waals surface area contributed by atoms with Crippen molar-refractivity contribution in [2.45, 2.75) is 6.42 Å². The Hall–Kier alpha value is -3.33. The van der Waals surface area contributed by atoms with Crippen molar-refractivity contribution < 1.29 is 19.1 Å². The minimum absolute atomic E-state index is 0.133. The van der Waals surface area contributed by atoms with E-state index in [4.69, 9.17) is 14.7 Å². The van der Waals surface area contributed by atoms with Crippen LogP contribution >= 0.6 is 0 Å². The number of nitrogens with one attached hydrogen (secondary N) is 1. The van der Waals surface area contributed by atoms with Crippen molar-refractivity contribution in [3.8, 4) is 11.8 Å². The lowest BCUT2D eigenvalue weighted by atomic mass is 10.2. The number of para-hydroxylation sites is 1. The van der Waals surface area contributed by atoms with Gasteiger partial charge in [-0.2, -0.15) is 5.26 Å². The van der Waals surface area contributed by atoms with Crippen LogP contribution in [0.15, 0.2) is 54.6 Å². The summed E-state index contributed by atoms with van der Waals surface area (Å²) >= 11 is 0. The van der Waals surface area contributed by atoms with Gasteiger partial charge in [-0.1, -0.05) is 18.2 Å². The number of nitriles is 1. The van der Waals surface area contributed by atoms with Crippen LogP contribution in [-0.4, -0.2) is 25.1 Å². The van der Waals surface area contributed by atoms with Crippen molar-refractivity contribution in [2.75, 3.05) is 18.5 Å². The lowest BCUT2D eigenvalue weighted by Gasteiger charge is -2.08. The minimum atomic E-state index is -0.471. The molecule has 0 saturated heterocycles. The van der Waals surface area contributed by atoms with Crippen LogP contribution in [0.4, 0.5) is 5.69 Å². The molecule has 2 rings (SSSR count). The van der Waals surface area contributed by atoms with Gasteiger partial charge in [0.25, 0.3) is 0 Å². The third-order valence-corrected chi connectivity index (χ3v) is 2.97. The third-order valence-electron chi connectivity index (χ3n) is 2.97. The Morgan fingerprint density at radius 3 is 2.38 bits per heavy atom. The number of nitrogens with zero attached hydrogens (tertiary/aromatic N) is 1. The molecule has 0 saturated carbocycles. The first-order valence-corrected chi connectivity index (χ1v) is 7.31. The van der Waals surface area contributed by atoms with E-state index < -0.39 is 11.9 Å². The van der Waals surface area contributed by atoms with Gasteiger partial charge in [0.15, 0.2) is 0 Å². The maximum atomic E-state index is 11.9. The molecule has 0 aromatic heterocycles. The molecule has 24 heavy (non-hydrogen) atoms. The van der Waals surface area contributed by atoms with Crippen LogP contribution in [-0.2, 0) is 9.53 Å². The van der Waals surface area contributed by atoms with E-state index in [2.05, 4.69) is 5.32 Å². The maximum absolute atomic E-state index is 11.9. The van der Waals surface area contributed by atoms with Crippen LogP contribution in [0, 0.1) is 11.3 Å². The summed E-state index contributed by atoms with van der Waals surface area (Å²) in [5.41, 5.74) is 0.882. The Balaban J connectivity index is 1.76. The first-order chi connectivity index (χ1) is 11.7. The van der Waals surface area contributed by atoms with Gasteiger partial charge in [-0.15, -0.1) is 0 Å². The fourth-order valence-corrected chi connectivity index (χ4v) is 1.86. The summed E-state index contributed by atoms with van der Waals surface area (Å²) in [6.07, 6.45) is -0.217. The largest absolute Gasteiger partial charge is 0.490 e. The van der Waals surface area contributed by atoms with E-state index in [0.29, 0.717) is 17.0 Å². The number of hydrogen-bond donors (Lipinski definition) is 1. The highest BCUT2D eigenvalue weighted by molar-refractivity contribution is 5.93. The number of ether oxygens (including phenoxy) is 2. The Bertz CT molecular complexity index is 721. The molecule has 0 heterocycles. The minimum Gasteiger partial charge on any atom is -0.490 e. The second-order valence-electron chi connectivity index (χ2n) is 4.76. The number of amides is 1. The molecule has 0 spiro atoms. The van der Waals surface area contributed by atoms with E-state index in [9.17, 15) is 9.59 Å². The van der Waals surface area contributed by atoms with Gasteiger partial charge >= 0.3 is 5.97 Å². The lowest BCUT2D eigenvalue weighted by molar-refractivity contribution is -0.115.